The number of halogens is 7. The molecule has 3 rings (SSSR count). The quantitative estimate of drug-likeness (QED) is 0.396. The van der Waals surface area contributed by atoms with Gasteiger partial charge in [-0.2, -0.15) is 26.3 Å². The lowest BCUT2D eigenvalue weighted by Gasteiger charge is -2.19. The van der Waals surface area contributed by atoms with E-state index in [1.54, 1.807) is 31.2 Å². The van der Waals surface area contributed by atoms with E-state index in [0.717, 1.165) is 6.92 Å². The topological polar surface area (TPSA) is 114 Å². The van der Waals surface area contributed by atoms with Gasteiger partial charge in [0.2, 0.25) is 18.0 Å². The number of rotatable bonds is 7. The van der Waals surface area contributed by atoms with Crippen LogP contribution < -0.4 is 16.4 Å². The first-order valence-electron chi connectivity index (χ1n) is 12.0. The number of aryl methyl sites for hydroxylation is 1. The number of para-hydroxylation sites is 1. The van der Waals surface area contributed by atoms with Crippen molar-refractivity contribution < 1.29 is 45.1 Å². The third-order valence-corrected chi connectivity index (χ3v) is 5.66. The SMILES string of the molecule is CCC(F)(F)F.Cc1cccc2c1NC(=O)C(NC(=O)C(CCC(F)(F)F)CC(N)=O)N=C2c1cccc(F)c1. The van der Waals surface area contributed by atoms with E-state index in [-0.39, 0.29) is 5.71 Å². The molecule has 4 N–H and O–H groups in total. The molecule has 0 aromatic heterocycles. The van der Waals surface area contributed by atoms with Gasteiger partial charge in [-0.15, -0.1) is 0 Å². The highest BCUT2D eigenvalue weighted by Gasteiger charge is 2.34. The molecule has 0 spiro atoms. The van der Waals surface area contributed by atoms with Crippen molar-refractivity contribution in [2.75, 3.05) is 5.32 Å². The van der Waals surface area contributed by atoms with Crippen molar-refractivity contribution in [3.8, 4) is 0 Å². The summed E-state index contributed by atoms with van der Waals surface area (Å²) in [7, 11) is 0. The lowest BCUT2D eigenvalue weighted by Crippen LogP contribution is -2.45. The number of nitrogens with zero attached hydrogens (tertiary/aromatic N) is 1. The number of aliphatic imine (C=N–C) groups is 1. The maximum atomic E-state index is 13.9. The van der Waals surface area contributed by atoms with Crippen molar-refractivity contribution in [1.29, 1.82) is 0 Å². The van der Waals surface area contributed by atoms with Gasteiger partial charge < -0.3 is 16.4 Å². The number of carbonyl (C=O) groups is 3. The Hall–Kier alpha value is -3.97. The standard InChI is InChI=1S/C23H22F4N4O3.C3H5F3/c1-12-4-2-7-16-18(12)30-22(34)20(29-19(16)13-5-3-6-15(24)10-13)31-21(33)14(11-17(28)32)8-9-23(25,26)27;1-2-3(4,5)6/h2-7,10,14,20H,8-9,11H2,1H3,(H2,28,32)(H,30,34)(H,31,33);2H2,1H3. The van der Waals surface area contributed by atoms with E-state index in [1.165, 1.54) is 18.2 Å². The summed E-state index contributed by atoms with van der Waals surface area (Å²) in [6, 6.07) is 10.6. The Morgan fingerprint density at radius 2 is 1.70 bits per heavy atom. The molecule has 2 aromatic carbocycles. The molecule has 0 fully saturated rings. The number of alkyl halides is 6. The van der Waals surface area contributed by atoms with E-state index < -0.39 is 73.7 Å². The summed E-state index contributed by atoms with van der Waals surface area (Å²) < 4.78 is 84.3. The van der Waals surface area contributed by atoms with E-state index >= 15 is 0 Å². The largest absolute Gasteiger partial charge is 0.389 e. The maximum Gasteiger partial charge on any atom is 0.389 e. The summed E-state index contributed by atoms with van der Waals surface area (Å²) in [5.41, 5.74) is 7.18. The lowest BCUT2D eigenvalue weighted by molar-refractivity contribution is -0.143. The second-order valence-electron chi connectivity index (χ2n) is 8.88. The number of anilines is 1. The molecule has 218 valence electrons. The molecule has 2 unspecified atom stereocenters. The van der Waals surface area contributed by atoms with Gasteiger partial charge >= 0.3 is 12.4 Å². The summed E-state index contributed by atoms with van der Waals surface area (Å²) >= 11 is 0. The van der Waals surface area contributed by atoms with Crippen LogP contribution in [-0.4, -0.2) is 42.0 Å². The van der Waals surface area contributed by atoms with E-state index in [0.29, 0.717) is 22.4 Å². The average Bonchev–Trinajstić information content (AvgIpc) is 2.98. The molecule has 1 aliphatic heterocycles. The molecule has 7 nitrogen and oxygen atoms in total. The molecule has 14 heteroatoms. The summed E-state index contributed by atoms with van der Waals surface area (Å²) in [6.07, 6.45) is -13.4. The van der Waals surface area contributed by atoms with Crippen LogP contribution in [0.15, 0.2) is 47.5 Å². The Morgan fingerprint density at radius 3 is 2.25 bits per heavy atom. The van der Waals surface area contributed by atoms with Gasteiger partial charge in [0.05, 0.1) is 11.4 Å². The Balaban J connectivity index is 0.000000840. The minimum absolute atomic E-state index is 0.198. The molecule has 0 aliphatic carbocycles. The first-order valence-corrected chi connectivity index (χ1v) is 12.0. The lowest BCUT2D eigenvalue weighted by atomic mass is 9.97. The molecular formula is C26H27F7N4O3. The van der Waals surface area contributed by atoms with Gasteiger partial charge in [0, 0.05) is 36.3 Å². The van der Waals surface area contributed by atoms with Crippen molar-refractivity contribution in [3.63, 3.8) is 0 Å². The number of nitrogens with two attached hydrogens (primary N) is 1. The number of primary amides is 1. The van der Waals surface area contributed by atoms with Crippen LogP contribution in [0.2, 0.25) is 0 Å². The molecule has 0 radical (unpaired) electrons. The number of fused-ring (bicyclic) bond motifs is 1. The van der Waals surface area contributed by atoms with Gasteiger partial charge in [0.25, 0.3) is 5.91 Å². The molecule has 3 amide bonds. The van der Waals surface area contributed by atoms with E-state index in [9.17, 15) is 45.1 Å². The first kappa shape index (κ1) is 32.2. The first-order chi connectivity index (χ1) is 18.5. The second kappa shape index (κ2) is 13.4. The summed E-state index contributed by atoms with van der Waals surface area (Å²) in [6.45, 7) is 2.82. The molecule has 1 heterocycles. The predicted octanol–water partition coefficient (Wildman–Crippen LogP) is 5.16. The Bertz CT molecular complexity index is 1260. The molecule has 40 heavy (non-hydrogen) atoms. The molecule has 0 saturated heterocycles. The van der Waals surface area contributed by atoms with Crippen LogP contribution in [0.1, 0.15) is 49.3 Å². The van der Waals surface area contributed by atoms with Crippen molar-refractivity contribution in [1.82, 2.24) is 5.32 Å². The van der Waals surface area contributed by atoms with Gasteiger partial charge in [-0.05, 0) is 31.0 Å². The van der Waals surface area contributed by atoms with Crippen LogP contribution >= 0.6 is 0 Å². The third-order valence-electron chi connectivity index (χ3n) is 5.66. The van der Waals surface area contributed by atoms with Crippen LogP contribution in [0.25, 0.3) is 0 Å². The molecule has 2 aromatic rings. The van der Waals surface area contributed by atoms with Crippen LogP contribution in [-0.2, 0) is 14.4 Å². The molecular weight excluding hydrogens is 549 g/mol. The fourth-order valence-corrected chi connectivity index (χ4v) is 3.60. The van der Waals surface area contributed by atoms with Crippen molar-refractivity contribution >= 4 is 29.1 Å². The molecule has 0 bridgehead atoms. The molecule has 2 atom stereocenters. The Kier molecular flexibility index (Phi) is 10.8. The van der Waals surface area contributed by atoms with Gasteiger partial charge in [-0.3, -0.25) is 14.4 Å². The zero-order chi connectivity index (χ0) is 30.3. The number of hydrogen-bond donors (Lipinski definition) is 3. The van der Waals surface area contributed by atoms with Crippen LogP contribution in [0.4, 0.5) is 36.4 Å². The highest BCUT2D eigenvalue weighted by Crippen LogP contribution is 2.28. The van der Waals surface area contributed by atoms with Crippen molar-refractivity contribution in [2.45, 2.75) is 58.0 Å². The van der Waals surface area contributed by atoms with E-state index in [2.05, 4.69) is 15.6 Å². The van der Waals surface area contributed by atoms with Crippen molar-refractivity contribution in [2.24, 2.45) is 16.6 Å². The monoisotopic (exact) mass is 576 g/mol. The van der Waals surface area contributed by atoms with Gasteiger partial charge in [0.1, 0.15) is 5.82 Å². The molecule has 1 aliphatic rings. The van der Waals surface area contributed by atoms with Crippen LogP contribution in [0, 0.1) is 18.7 Å². The summed E-state index contributed by atoms with van der Waals surface area (Å²) in [5.74, 6) is -4.64. The average molecular weight is 577 g/mol. The fourth-order valence-electron chi connectivity index (χ4n) is 3.60. The Labute approximate surface area is 225 Å². The van der Waals surface area contributed by atoms with Gasteiger partial charge in [0.15, 0.2) is 0 Å². The number of carbonyl (C=O) groups excluding carboxylic acids is 3. The van der Waals surface area contributed by atoms with Gasteiger partial charge in [-0.25, -0.2) is 9.38 Å². The number of benzodiazepines with no additional fused rings is 1. The molecule has 0 saturated carbocycles. The number of amides is 3. The normalized spacial score (nSPS) is 15.9. The van der Waals surface area contributed by atoms with E-state index in [4.69, 9.17) is 5.73 Å². The minimum atomic E-state index is -4.54. The van der Waals surface area contributed by atoms with Gasteiger partial charge in [-0.1, -0.05) is 37.3 Å². The predicted molar refractivity (Wildman–Crippen MR) is 133 cm³/mol. The third kappa shape index (κ3) is 9.97. The summed E-state index contributed by atoms with van der Waals surface area (Å²) in [5, 5.41) is 4.97. The zero-order valence-electron chi connectivity index (χ0n) is 21.4. The second-order valence-corrected chi connectivity index (χ2v) is 8.88. The van der Waals surface area contributed by atoms with E-state index in [1.807, 2.05) is 0 Å². The smallest absolute Gasteiger partial charge is 0.370 e. The zero-order valence-corrected chi connectivity index (χ0v) is 21.4. The number of benzene rings is 2. The highest BCUT2D eigenvalue weighted by molar-refractivity contribution is 6.20. The maximum absolute atomic E-state index is 13.9. The van der Waals surface area contributed by atoms with Crippen LogP contribution in [0.5, 0.6) is 0 Å². The van der Waals surface area contributed by atoms with Crippen molar-refractivity contribution in [3.05, 3.63) is 65.0 Å². The minimum Gasteiger partial charge on any atom is -0.370 e. The Morgan fingerprint density at radius 1 is 1.07 bits per heavy atom. The highest BCUT2D eigenvalue weighted by atomic mass is 19.4. The number of hydrogen-bond acceptors (Lipinski definition) is 4. The fraction of sp³-hybridized carbons (Fsp3) is 0.385. The van der Waals surface area contributed by atoms with Crippen LogP contribution in [0.3, 0.4) is 0 Å². The summed E-state index contributed by atoms with van der Waals surface area (Å²) in [4.78, 5) is 41.3. The number of nitrogens with one attached hydrogen (secondary N) is 2.